The third-order valence-corrected chi connectivity index (χ3v) is 4.00. The molecular weight excluding hydrogens is 290 g/mol. The molecule has 0 saturated carbocycles. The molecule has 0 atom stereocenters. The Balaban J connectivity index is 1.80. The lowest BCUT2D eigenvalue weighted by Crippen LogP contribution is -2.26. The second-order valence-electron chi connectivity index (χ2n) is 5.31. The van der Waals surface area contributed by atoms with Crippen LogP contribution in [0, 0.1) is 0 Å². The van der Waals surface area contributed by atoms with E-state index in [1.807, 2.05) is 35.2 Å². The number of ether oxygens (including phenoxy) is 2. The maximum atomic E-state index is 12.5. The van der Waals surface area contributed by atoms with Crippen molar-refractivity contribution in [1.29, 1.82) is 0 Å². The topological polar surface area (TPSA) is 38.8 Å². The van der Waals surface area contributed by atoms with Crippen LogP contribution in [-0.2, 0) is 11.2 Å². The molecule has 0 saturated heterocycles. The van der Waals surface area contributed by atoms with Gasteiger partial charge >= 0.3 is 0 Å². The van der Waals surface area contributed by atoms with Crippen molar-refractivity contribution in [1.82, 2.24) is 0 Å². The number of benzene rings is 2. The number of fused-ring (bicyclic) bond motifs is 1. The highest BCUT2D eigenvalue weighted by Gasteiger charge is 2.22. The summed E-state index contributed by atoms with van der Waals surface area (Å²) in [7, 11) is 3.21. The Morgan fingerprint density at radius 3 is 2.74 bits per heavy atom. The van der Waals surface area contributed by atoms with E-state index in [2.05, 4.69) is 6.07 Å². The number of nitrogens with zero attached hydrogens (tertiary/aromatic N) is 1. The summed E-state index contributed by atoms with van der Waals surface area (Å²) in [5, 5.41) is 0. The van der Waals surface area contributed by atoms with Gasteiger partial charge in [0.05, 0.1) is 14.2 Å². The Labute approximate surface area is 135 Å². The molecule has 0 aromatic heterocycles. The van der Waals surface area contributed by atoms with Gasteiger partial charge < -0.3 is 14.4 Å². The molecule has 3 rings (SSSR count). The minimum Gasteiger partial charge on any atom is -0.497 e. The van der Waals surface area contributed by atoms with Crippen LogP contribution in [0.3, 0.4) is 0 Å². The first kappa shape index (κ1) is 15.2. The molecule has 2 aromatic carbocycles. The number of rotatable bonds is 4. The number of methoxy groups -OCH3 is 2. The van der Waals surface area contributed by atoms with Gasteiger partial charge in [0, 0.05) is 29.9 Å². The van der Waals surface area contributed by atoms with E-state index in [4.69, 9.17) is 9.47 Å². The summed E-state index contributed by atoms with van der Waals surface area (Å²) >= 11 is 0. The van der Waals surface area contributed by atoms with Gasteiger partial charge in [-0.3, -0.25) is 4.79 Å². The van der Waals surface area contributed by atoms with Gasteiger partial charge in [-0.05, 0) is 36.3 Å². The molecule has 1 aliphatic heterocycles. The maximum Gasteiger partial charge on any atom is 0.251 e. The van der Waals surface area contributed by atoms with Crippen LogP contribution in [0.4, 0.5) is 5.69 Å². The van der Waals surface area contributed by atoms with Crippen LogP contribution < -0.4 is 14.4 Å². The van der Waals surface area contributed by atoms with Crippen molar-refractivity contribution in [3.8, 4) is 11.5 Å². The van der Waals surface area contributed by atoms with Crippen molar-refractivity contribution in [2.75, 3.05) is 25.7 Å². The third kappa shape index (κ3) is 3.06. The highest BCUT2D eigenvalue weighted by Crippen LogP contribution is 2.29. The maximum absolute atomic E-state index is 12.5. The Morgan fingerprint density at radius 1 is 1.13 bits per heavy atom. The Hall–Kier alpha value is -2.75. The predicted molar refractivity (Wildman–Crippen MR) is 91.1 cm³/mol. The minimum absolute atomic E-state index is 0.0205. The van der Waals surface area contributed by atoms with Crippen LogP contribution in [0.15, 0.2) is 48.5 Å². The number of anilines is 1. The number of para-hydroxylation sites is 1. The summed E-state index contributed by atoms with van der Waals surface area (Å²) in [6.45, 7) is 0.724. The molecule has 0 unspecified atom stereocenters. The van der Waals surface area contributed by atoms with Crippen LogP contribution >= 0.6 is 0 Å². The smallest absolute Gasteiger partial charge is 0.251 e. The summed E-state index contributed by atoms with van der Waals surface area (Å²) in [5.41, 5.74) is 3.06. The zero-order valence-electron chi connectivity index (χ0n) is 13.3. The van der Waals surface area contributed by atoms with Gasteiger partial charge in [-0.1, -0.05) is 18.2 Å². The van der Waals surface area contributed by atoms with Gasteiger partial charge in [0.25, 0.3) is 5.91 Å². The molecule has 1 amide bonds. The van der Waals surface area contributed by atoms with E-state index < -0.39 is 0 Å². The second-order valence-corrected chi connectivity index (χ2v) is 5.31. The number of carbonyl (C=O) groups excluding carboxylic acids is 1. The first-order chi connectivity index (χ1) is 11.2. The van der Waals surface area contributed by atoms with Crippen molar-refractivity contribution in [3.63, 3.8) is 0 Å². The highest BCUT2D eigenvalue weighted by molar-refractivity contribution is 6.05. The molecule has 4 heteroatoms. The first-order valence-corrected chi connectivity index (χ1v) is 7.52. The van der Waals surface area contributed by atoms with E-state index in [1.165, 1.54) is 5.56 Å². The molecular formula is C19H19NO3. The van der Waals surface area contributed by atoms with Crippen LogP contribution in [0.5, 0.6) is 11.5 Å². The van der Waals surface area contributed by atoms with Gasteiger partial charge in [-0.2, -0.15) is 0 Å². The van der Waals surface area contributed by atoms with Crippen molar-refractivity contribution in [2.45, 2.75) is 6.42 Å². The summed E-state index contributed by atoms with van der Waals surface area (Å²) in [4.78, 5) is 14.3. The van der Waals surface area contributed by atoms with E-state index in [0.29, 0.717) is 5.75 Å². The molecule has 0 N–H and O–H groups in total. The molecule has 4 nitrogen and oxygen atoms in total. The molecule has 2 aromatic rings. The fraction of sp³-hybridized carbons (Fsp3) is 0.211. The SMILES string of the molecule is COc1ccc(/C=C/C(=O)N2CCc3ccccc32)c(OC)c1. The van der Waals surface area contributed by atoms with E-state index in [9.17, 15) is 4.79 Å². The Bertz CT molecular complexity index is 752. The quantitative estimate of drug-likeness (QED) is 0.813. The van der Waals surface area contributed by atoms with Crippen LogP contribution in [-0.4, -0.2) is 26.7 Å². The average Bonchev–Trinajstić information content (AvgIpc) is 3.03. The lowest BCUT2D eigenvalue weighted by molar-refractivity contribution is -0.114. The molecule has 1 aliphatic rings. The lowest BCUT2D eigenvalue weighted by atomic mass is 10.1. The van der Waals surface area contributed by atoms with Crippen LogP contribution in [0.1, 0.15) is 11.1 Å². The molecule has 0 fully saturated rings. The van der Waals surface area contributed by atoms with Gasteiger partial charge in [-0.25, -0.2) is 0 Å². The summed E-state index contributed by atoms with van der Waals surface area (Å²) < 4.78 is 10.5. The van der Waals surface area contributed by atoms with E-state index in [1.54, 1.807) is 32.4 Å². The van der Waals surface area contributed by atoms with Crippen molar-refractivity contribution >= 4 is 17.7 Å². The highest BCUT2D eigenvalue weighted by atomic mass is 16.5. The number of carbonyl (C=O) groups is 1. The van der Waals surface area contributed by atoms with E-state index in [0.717, 1.165) is 30.0 Å². The Kier molecular flexibility index (Phi) is 4.33. The number of hydrogen-bond acceptors (Lipinski definition) is 3. The normalized spacial score (nSPS) is 13.2. The molecule has 23 heavy (non-hydrogen) atoms. The minimum atomic E-state index is -0.0205. The molecule has 0 aliphatic carbocycles. The fourth-order valence-electron chi connectivity index (χ4n) is 2.77. The first-order valence-electron chi connectivity index (χ1n) is 7.52. The number of amides is 1. The number of hydrogen-bond donors (Lipinski definition) is 0. The van der Waals surface area contributed by atoms with Gasteiger partial charge in [-0.15, -0.1) is 0 Å². The van der Waals surface area contributed by atoms with E-state index in [-0.39, 0.29) is 5.91 Å². The monoisotopic (exact) mass is 309 g/mol. The van der Waals surface area contributed by atoms with Crippen molar-refractivity contribution < 1.29 is 14.3 Å². The fourth-order valence-corrected chi connectivity index (χ4v) is 2.77. The average molecular weight is 309 g/mol. The largest absolute Gasteiger partial charge is 0.497 e. The Morgan fingerprint density at radius 2 is 1.96 bits per heavy atom. The van der Waals surface area contributed by atoms with Crippen LogP contribution in [0.2, 0.25) is 0 Å². The van der Waals surface area contributed by atoms with Gasteiger partial charge in [0.15, 0.2) is 0 Å². The molecule has 0 bridgehead atoms. The molecule has 118 valence electrons. The zero-order valence-corrected chi connectivity index (χ0v) is 13.3. The third-order valence-electron chi connectivity index (χ3n) is 4.00. The van der Waals surface area contributed by atoms with Gasteiger partial charge in [0.2, 0.25) is 0 Å². The molecule has 1 heterocycles. The second kappa shape index (κ2) is 6.57. The van der Waals surface area contributed by atoms with E-state index >= 15 is 0 Å². The van der Waals surface area contributed by atoms with Gasteiger partial charge in [0.1, 0.15) is 11.5 Å². The van der Waals surface area contributed by atoms with Crippen molar-refractivity contribution in [2.24, 2.45) is 0 Å². The predicted octanol–water partition coefficient (Wildman–Crippen LogP) is 3.31. The lowest BCUT2D eigenvalue weighted by Gasteiger charge is -2.15. The van der Waals surface area contributed by atoms with Crippen LogP contribution in [0.25, 0.3) is 6.08 Å². The summed E-state index contributed by atoms with van der Waals surface area (Å²) in [6.07, 6.45) is 4.27. The zero-order chi connectivity index (χ0) is 16.2. The molecule has 0 spiro atoms. The summed E-state index contributed by atoms with van der Waals surface area (Å²) in [5.74, 6) is 1.38. The summed E-state index contributed by atoms with van der Waals surface area (Å²) in [6, 6.07) is 13.5. The standard InChI is InChI=1S/C19H19NO3/c1-22-16-9-7-15(18(13-16)23-2)8-10-19(21)20-12-11-14-5-3-4-6-17(14)20/h3-10,13H,11-12H2,1-2H3/b10-8+. The molecule has 0 radical (unpaired) electrons. The van der Waals surface area contributed by atoms with Crippen molar-refractivity contribution in [3.05, 3.63) is 59.7 Å².